The minimum absolute atomic E-state index is 0.422. The van der Waals surface area contributed by atoms with Crippen molar-refractivity contribution in [3.63, 3.8) is 0 Å². The molecule has 7 nitrogen and oxygen atoms in total. The molecule has 1 rings (SSSR count). The summed E-state index contributed by atoms with van der Waals surface area (Å²) in [6.45, 7) is 2.51. The van der Waals surface area contributed by atoms with Crippen molar-refractivity contribution in [1.29, 1.82) is 0 Å². The van der Waals surface area contributed by atoms with Crippen LogP contribution in [0.1, 0.15) is 12.5 Å². The summed E-state index contributed by atoms with van der Waals surface area (Å²) < 4.78 is 43.7. The highest BCUT2D eigenvalue weighted by Gasteiger charge is 2.40. The Morgan fingerprint density at radius 1 is 1.44 bits per heavy atom. The highest BCUT2D eigenvalue weighted by Crippen LogP contribution is 2.45. The molecule has 102 valence electrons. The van der Waals surface area contributed by atoms with Gasteiger partial charge in [0.05, 0.1) is 0 Å². The van der Waals surface area contributed by atoms with Gasteiger partial charge in [-0.15, -0.1) is 0 Å². The van der Waals surface area contributed by atoms with Crippen molar-refractivity contribution in [1.82, 2.24) is 0 Å². The number of aryl methyl sites for hydroxylation is 1. The highest BCUT2D eigenvalue weighted by atomic mass is 32.2. The lowest BCUT2D eigenvalue weighted by Crippen LogP contribution is -2.32. The Kier molecular flexibility index (Phi) is 4.63. The molecule has 0 aliphatic rings. The van der Waals surface area contributed by atoms with E-state index in [4.69, 9.17) is 14.3 Å². The number of aromatic nitrogens is 1. The molecule has 1 atom stereocenters. The molecule has 0 aliphatic carbocycles. The first-order valence-electron chi connectivity index (χ1n) is 5.14. The fourth-order valence-corrected chi connectivity index (χ4v) is 3.73. The molecule has 1 heterocycles. The van der Waals surface area contributed by atoms with Crippen molar-refractivity contribution in [2.24, 2.45) is 0 Å². The molecule has 0 aliphatic heterocycles. The third-order valence-electron chi connectivity index (χ3n) is 2.41. The largest absolute Gasteiger partial charge is 0.346 e. The molecule has 0 saturated carbocycles. The van der Waals surface area contributed by atoms with E-state index in [0.717, 1.165) is 0 Å². The molecule has 9 heteroatoms. The minimum atomic E-state index is -4.93. The molecular formula is C9H15NO6PS+. The maximum absolute atomic E-state index is 11.1. The van der Waals surface area contributed by atoms with E-state index in [-0.39, 0.29) is 0 Å². The predicted octanol–water partition coefficient (Wildman–Crippen LogP) is -0.0719. The van der Waals surface area contributed by atoms with Gasteiger partial charge in [-0.1, -0.05) is 0 Å². The van der Waals surface area contributed by atoms with Gasteiger partial charge >= 0.3 is 7.60 Å². The zero-order valence-corrected chi connectivity index (χ0v) is 11.4. The number of hydrogen-bond donors (Lipinski definition) is 3. The zero-order valence-electron chi connectivity index (χ0n) is 9.67. The van der Waals surface area contributed by atoms with Gasteiger partial charge in [0, 0.05) is 18.1 Å². The second kappa shape index (κ2) is 5.46. The maximum Gasteiger partial charge on any atom is 0.346 e. The van der Waals surface area contributed by atoms with Crippen LogP contribution in [-0.4, -0.2) is 27.7 Å². The van der Waals surface area contributed by atoms with Crippen LogP contribution >= 0.6 is 7.60 Å². The molecule has 0 aromatic carbocycles. The van der Waals surface area contributed by atoms with Gasteiger partial charge in [-0.05, 0) is 13.0 Å². The Bertz CT molecular complexity index is 566. The lowest BCUT2D eigenvalue weighted by molar-refractivity contribution is -0.693. The van der Waals surface area contributed by atoms with Crippen molar-refractivity contribution >= 4 is 17.7 Å². The van der Waals surface area contributed by atoms with Crippen LogP contribution in [0.3, 0.4) is 0 Å². The molecule has 1 aromatic rings. The van der Waals surface area contributed by atoms with Crippen molar-refractivity contribution in [3.05, 3.63) is 30.1 Å². The molecule has 18 heavy (non-hydrogen) atoms. The van der Waals surface area contributed by atoms with E-state index >= 15 is 0 Å². The predicted molar refractivity (Wildman–Crippen MR) is 63.4 cm³/mol. The average Bonchev–Trinajstić information content (AvgIpc) is 2.23. The van der Waals surface area contributed by atoms with E-state index < -0.39 is 29.1 Å². The molecular weight excluding hydrogens is 281 g/mol. The summed E-state index contributed by atoms with van der Waals surface area (Å²) in [5, 5.41) is 0. The number of nitrogens with zero attached hydrogens (tertiary/aromatic N) is 1. The van der Waals surface area contributed by atoms with Crippen molar-refractivity contribution < 1.29 is 31.9 Å². The zero-order chi connectivity index (χ0) is 14.0. The van der Waals surface area contributed by atoms with Crippen LogP contribution in [0.4, 0.5) is 0 Å². The Morgan fingerprint density at radius 2 is 2.06 bits per heavy atom. The number of rotatable bonds is 5. The van der Waals surface area contributed by atoms with Crippen LogP contribution in [0.2, 0.25) is 0 Å². The molecule has 0 bridgehead atoms. The third kappa shape index (κ3) is 4.15. The van der Waals surface area contributed by atoms with Crippen LogP contribution in [0.5, 0.6) is 0 Å². The minimum Gasteiger partial charge on any atom is -0.323 e. The summed E-state index contributed by atoms with van der Waals surface area (Å²) in [7, 11) is -9.75. The fraction of sp³-hybridized carbons (Fsp3) is 0.444. The van der Waals surface area contributed by atoms with Gasteiger partial charge in [0.15, 0.2) is 17.4 Å². The highest BCUT2D eigenvalue weighted by molar-refractivity contribution is 7.93. The Balaban J connectivity index is 3.08. The first-order chi connectivity index (χ1) is 8.14. The summed E-state index contributed by atoms with van der Waals surface area (Å²) >= 11 is 0. The van der Waals surface area contributed by atoms with Gasteiger partial charge in [0.25, 0.3) is 10.1 Å². The van der Waals surface area contributed by atoms with Gasteiger partial charge in [-0.25, -0.2) is 4.57 Å². The SMILES string of the molecule is CC[n+]1cccc(CC(P(=O)(O)O)S(=O)(=O)O)c1. The second-order valence-corrected chi connectivity index (χ2v) is 7.56. The average molecular weight is 296 g/mol. The van der Waals surface area contributed by atoms with Crippen LogP contribution in [0.25, 0.3) is 0 Å². The molecule has 3 N–H and O–H groups in total. The lowest BCUT2D eigenvalue weighted by Gasteiger charge is -2.14. The Hall–Kier alpha value is -0.790. The molecule has 0 amide bonds. The summed E-state index contributed by atoms with van der Waals surface area (Å²) in [6.07, 6.45) is 2.88. The standard InChI is InChI=1S/C9H14NO6PS/c1-2-10-5-3-4-8(7-10)6-9(17(11,12)13)18(14,15)16/h3-5,7,9H,2,6H2,1H3,(H2-,11,12,13,14,15,16)/p+1. The topological polar surface area (TPSA) is 116 Å². The van der Waals surface area contributed by atoms with E-state index in [9.17, 15) is 13.0 Å². The summed E-state index contributed by atoms with van der Waals surface area (Å²) in [6, 6.07) is 3.18. The normalized spacial score (nSPS) is 14.4. The Labute approximate surface area is 105 Å². The van der Waals surface area contributed by atoms with Crippen LogP contribution in [0.15, 0.2) is 24.5 Å². The maximum atomic E-state index is 11.1. The summed E-state index contributed by atoms with van der Waals surface area (Å²) in [5.74, 6) is 0. The van der Waals surface area contributed by atoms with Crippen LogP contribution in [-0.2, 0) is 27.6 Å². The van der Waals surface area contributed by atoms with Gasteiger partial charge in [-0.2, -0.15) is 8.42 Å². The van der Waals surface area contributed by atoms with Gasteiger partial charge in [0.2, 0.25) is 0 Å². The lowest BCUT2D eigenvalue weighted by atomic mass is 10.2. The molecule has 1 unspecified atom stereocenters. The fourth-order valence-electron chi connectivity index (χ4n) is 1.49. The first kappa shape index (κ1) is 15.3. The quantitative estimate of drug-likeness (QED) is 0.398. The third-order valence-corrected chi connectivity index (χ3v) is 5.82. The van der Waals surface area contributed by atoms with Crippen molar-refractivity contribution in [3.8, 4) is 0 Å². The first-order valence-corrected chi connectivity index (χ1v) is 8.32. The second-order valence-electron chi connectivity index (χ2n) is 3.81. The van der Waals surface area contributed by atoms with E-state index in [2.05, 4.69) is 0 Å². The number of pyridine rings is 1. The molecule has 0 saturated heterocycles. The van der Waals surface area contributed by atoms with E-state index in [0.29, 0.717) is 12.1 Å². The summed E-state index contributed by atoms with van der Waals surface area (Å²) in [5.41, 5.74) is 0.422. The smallest absolute Gasteiger partial charge is 0.323 e. The van der Waals surface area contributed by atoms with Crippen LogP contribution in [0, 0.1) is 0 Å². The number of hydrogen-bond acceptors (Lipinski definition) is 3. The van der Waals surface area contributed by atoms with E-state index in [1.807, 2.05) is 6.92 Å². The van der Waals surface area contributed by atoms with Crippen molar-refractivity contribution in [2.75, 3.05) is 0 Å². The van der Waals surface area contributed by atoms with Crippen molar-refractivity contribution in [2.45, 2.75) is 24.9 Å². The molecule has 0 spiro atoms. The van der Waals surface area contributed by atoms with Gasteiger partial charge < -0.3 is 9.79 Å². The Morgan fingerprint density at radius 3 is 2.50 bits per heavy atom. The van der Waals surface area contributed by atoms with Gasteiger partial charge in [0.1, 0.15) is 6.54 Å². The molecule has 0 fully saturated rings. The van der Waals surface area contributed by atoms with Crippen LogP contribution < -0.4 is 4.57 Å². The molecule has 0 radical (unpaired) electrons. The van der Waals surface area contributed by atoms with Gasteiger partial charge in [-0.3, -0.25) is 9.12 Å². The van der Waals surface area contributed by atoms with E-state index in [1.54, 1.807) is 29.1 Å². The monoisotopic (exact) mass is 296 g/mol. The molecule has 1 aromatic heterocycles. The summed E-state index contributed by atoms with van der Waals surface area (Å²) in [4.78, 5) is 15.8. The van der Waals surface area contributed by atoms with E-state index in [1.165, 1.54) is 0 Å².